The number of aliphatic hydroxyl groups excluding tert-OH is 7. The molecule has 21 nitrogen and oxygen atoms in total. The van der Waals surface area contributed by atoms with Crippen LogP contribution in [0.3, 0.4) is 0 Å². The maximum atomic E-state index is 12.8. The van der Waals surface area contributed by atoms with Crippen molar-refractivity contribution in [3.8, 4) is 0 Å². The maximum absolute atomic E-state index is 12.8. The quantitative estimate of drug-likeness (QED) is 0.0902. The van der Waals surface area contributed by atoms with E-state index in [9.17, 15) is 44.2 Å². The Hall–Kier alpha value is -2.30. The fourth-order valence-electron chi connectivity index (χ4n) is 9.65. The molecule has 65 heavy (non-hydrogen) atoms. The molecule has 370 valence electrons. The Kier molecular flexibility index (Phi) is 18.3. The first-order chi connectivity index (χ1) is 30.9. The number of sulfonamides is 1. The summed E-state index contributed by atoms with van der Waals surface area (Å²) in [6.07, 6.45) is -8.55. The summed E-state index contributed by atoms with van der Waals surface area (Å²) >= 11 is 0. The lowest BCUT2D eigenvalue weighted by Crippen LogP contribution is -2.68. The Balaban J connectivity index is 0.000000215. The normalized spacial score (nSPS) is 39.2. The van der Waals surface area contributed by atoms with Crippen LogP contribution in [0, 0.1) is 13.8 Å². The summed E-state index contributed by atoms with van der Waals surface area (Å²) in [5, 5.41) is 70.9. The van der Waals surface area contributed by atoms with Crippen LogP contribution < -0.4 is 27.7 Å². The second-order valence-electron chi connectivity index (χ2n) is 18.4. The van der Waals surface area contributed by atoms with Gasteiger partial charge in [-0.15, -0.1) is 0 Å². The van der Waals surface area contributed by atoms with Gasteiger partial charge >= 0.3 is 0 Å². The minimum absolute atomic E-state index is 0.0849. The van der Waals surface area contributed by atoms with E-state index in [4.69, 9.17) is 41.9 Å². The molecule has 3 saturated heterocycles. The van der Waals surface area contributed by atoms with Gasteiger partial charge in [0.25, 0.3) is 10.0 Å². The number of nitrogens with two attached hydrogens (primary N) is 4. The number of ether oxygens (including phenoxy) is 4. The highest BCUT2D eigenvalue weighted by molar-refractivity contribution is 8.00. The lowest BCUT2D eigenvalue weighted by molar-refractivity contribution is -0.332. The monoisotopic (exact) mass is 943 g/mol. The average Bonchev–Trinajstić information content (AvgIpc) is 3.52. The number of benzene rings is 1. The SMILES string of the molecule is CC1=C(c2ccc(C)c(C)c2)S(=O)(=O)NC1=NCCCN1CCN(C2CCCCC2)CC1.NC[C@H]1O[C@H](O[C@H]2[C@H](O)[C@@H](O[C@H]3O[C@H](CO)[C@@H](O)[C@H](N)[C@H]3O)[C@H](N)C[C@@H]2N)[C@H](O)[C@@H](O)[C@@H]1O. The van der Waals surface area contributed by atoms with E-state index in [-0.39, 0.29) is 13.0 Å². The van der Waals surface area contributed by atoms with Gasteiger partial charge in [-0.3, -0.25) is 14.6 Å². The standard InChI is InChI=1S/C25H38N4O2S.C18H36N4O11/c1-19-10-11-22(18-20(19)2)24-21(3)25(27-32(24,30)31)26-12-7-13-28-14-16-29(17-15-28)23-8-5-4-6-9-23;19-2-6-10(25)12(27)13(28)18(30-6)33-16-5(21)1-4(20)15(14(16)29)32-17-11(26)8(22)9(24)7(3-23)31-17/h10-11,18,23H,4-9,12-17H2,1-3H3,(H,26,27);4-18,23-29H,1-3,19-22H2/t;4-,5+,6-,7-,8+,9-,10-,11-,12+,13-,14-,15+,16-,17-,18-/m.1/s1. The average molecular weight is 943 g/mol. The zero-order valence-corrected chi connectivity index (χ0v) is 38.5. The molecule has 4 aliphatic heterocycles. The fourth-order valence-corrected chi connectivity index (χ4v) is 11.2. The first kappa shape index (κ1) is 52.1. The molecule has 0 amide bonds. The molecule has 22 heteroatoms. The number of hydrogen-bond donors (Lipinski definition) is 12. The molecule has 0 bridgehead atoms. The van der Waals surface area contributed by atoms with Gasteiger partial charge < -0.3 is 82.5 Å². The molecule has 5 fully saturated rings. The van der Waals surface area contributed by atoms with Crippen molar-refractivity contribution in [2.45, 2.75) is 164 Å². The van der Waals surface area contributed by atoms with E-state index >= 15 is 0 Å². The minimum Gasteiger partial charge on any atom is -0.394 e. The third-order valence-electron chi connectivity index (χ3n) is 13.8. The smallest absolute Gasteiger partial charge is 0.264 e. The lowest BCUT2D eigenvalue weighted by Gasteiger charge is -2.48. The molecule has 15 atom stereocenters. The first-order valence-electron chi connectivity index (χ1n) is 23.0. The number of hydrogen-bond acceptors (Lipinski definition) is 20. The molecular weight excluding hydrogens is 869 g/mol. The van der Waals surface area contributed by atoms with Gasteiger partial charge in [0.15, 0.2) is 12.6 Å². The second-order valence-corrected chi connectivity index (χ2v) is 20.0. The molecule has 2 saturated carbocycles. The first-order valence-corrected chi connectivity index (χ1v) is 24.5. The third-order valence-corrected chi connectivity index (χ3v) is 15.4. The molecule has 16 N–H and O–H groups in total. The predicted molar refractivity (Wildman–Crippen MR) is 240 cm³/mol. The van der Waals surface area contributed by atoms with Crippen molar-refractivity contribution >= 4 is 20.8 Å². The number of aryl methyl sites for hydroxylation is 2. The Morgan fingerprint density at radius 3 is 2.00 bits per heavy atom. The summed E-state index contributed by atoms with van der Waals surface area (Å²) in [6.45, 7) is 11.4. The minimum atomic E-state index is -3.56. The van der Waals surface area contributed by atoms with Crippen molar-refractivity contribution in [1.82, 2.24) is 14.5 Å². The van der Waals surface area contributed by atoms with Crippen molar-refractivity contribution in [2.24, 2.45) is 27.9 Å². The van der Waals surface area contributed by atoms with Crippen LogP contribution in [0.25, 0.3) is 4.91 Å². The summed E-state index contributed by atoms with van der Waals surface area (Å²) in [7, 11) is -3.56. The molecule has 1 aromatic rings. The van der Waals surface area contributed by atoms with Crippen molar-refractivity contribution in [3.05, 3.63) is 40.5 Å². The zero-order valence-electron chi connectivity index (χ0n) is 37.7. The van der Waals surface area contributed by atoms with Crippen LogP contribution in [0.2, 0.25) is 0 Å². The summed E-state index contributed by atoms with van der Waals surface area (Å²) in [6, 6.07) is 3.76. The van der Waals surface area contributed by atoms with E-state index in [2.05, 4.69) is 19.5 Å². The molecule has 0 radical (unpaired) electrons. The van der Waals surface area contributed by atoms with Gasteiger partial charge in [-0.2, -0.15) is 0 Å². The molecule has 6 aliphatic rings. The summed E-state index contributed by atoms with van der Waals surface area (Å²) < 4.78 is 50.4. The molecule has 0 spiro atoms. The third kappa shape index (κ3) is 12.1. The van der Waals surface area contributed by atoms with Crippen LogP contribution in [0.4, 0.5) is 0 Å². The summed E-state index contributed by atoms with van der Waals surface area (Å²) in [5.74, 6) is 0.500. The van der Waals surface area contributed by atoms with E-state index in [1.54, 1.807) is 0 Å². The largest absolute Gasteiger partial charge is 0.394 e. The van der Waals surface area contributed by atoms with Gasteiger partial charge in [0, 0.05) is 63.0 Å². The maximum Gasteiger partial charge on any atom is 0.264 e. The highest BCUT2D eigenvalue weighted by Crippen LogP contribution is 2.33. The van der Waals surface area contributed by atoms with Crippen LogP contribution in [0.15, 0.2) is 28.8 Å². The molecule has 0 aromatic heterocycles. The van der Waals surface area contributed by atoms with Gasteiger partial charge in [0.05, 0.1) is 12.6 Å². The Morgan fingerprint density at radius 1 is 0.785 bits per heavy atom. The molecule has 0 unspecified atom stereocenters. The number of aliphatic imine (C=N–C) groups is 1. The number of nitrogens with zero attached hydrogens (tertiary/aromatic N) is 3. The highest BCUT2D eigenvalue weighted by atomic mass is 32.2. The van der Waals surface area contributed by atoms with E-state index < -0.39 is 108 Å². The topological polar surface area (TPSA) is 348 Å². The highest BCUT2D eigenvalue weighted by Gasteiger charge is 2.51. The van der Waals surface area contributed by atoms with Crippen LogP contribution >= 0.6 is 0 Å². The number of piperazine rings is 1. The van der Waals surface area contributed by atoms with Crippen molar-refractivity contribution in [3.63, 3.8) is 0 Å². The molecule has 1 aromatic carbocycles. The van der Waals surface area contributed by atoms with E-state index in [0.29, 0.717) is 22.9 Å². The van der Waals surface area contributed by atoms with E-state index in [1.165, 1.54) is 45.2 Å². The van der Waals surface area contributed by atoms with Crippen LogP contribution in [-0.2, 0) is 29.0 Å². The predicted octanol–water partition coefficient (Wildman–Crippen LogP) is -3.59. The molecule has 2 aliphatic carbocycles. The van der Waals surface area contributed by atoms with Gasteiger partial charge in [-0.25, -0.2) is 8.42 Å². The van der Waals surface area contributed by atoms with Gasteiger partial charge in [-0.1, -0.05) is 37.5 Å². The number of amidine groups is 1. The Bertz CT molecular complexity index is 1830. The number of nitrogens with one attached hydrogen (secondary N) is 1. The number of aliphatic hydroxyl groups is 7. The fraction of sp³-hybridized carbons (Fsp3) is 0.791. The van der Waals surface area contributed by atoms with E-state index in [1.807, 2.05) is 39.0 Å². The van der Waals surface area contributed by atoms with Crippen molar-refractivity contribution in [2.75, 3.05) is 52.4 Å². The Labute approximate surface area is 381 Å². The number of rotatable bonds is 12. The summed E-state index contributed by atoms with van der Waals surface area (Å²) in [5.41, 5.74) is 27.2. The Morgan fingerprint density at radius 2 is 1.40 bits per heavy atom. The van der Waals surface area contributed by atoms with Gasteiger partial charge in [-0.05, 0) is 69.7 Å². The van der Waals surface area contributed by atoms with Gasteiger partial charge in [0.1, 0.15) is 71.8 Å². The van der Waals surface area contributed by atoms with E-state index in [0.717, 1.165) is 48.8 Å². The second kappa shape index (κ2) is 22.9. The van der Waals surface area contributed by atoms with Crippen molar-refractivity contribution in [1.29, 1.82) is 0 Å². The molecule has 7 rings (SSSR count). The molecular formula is C43H74N8O13S. The van der Waals surface area contributed by atoms with Crippen molar-refractivity contribution < 1.29 is 63.1 Å². The van der Waals surface area contributed by atoms with Crippen LogP contribution in [0.1, 0.15) is 68.6 Å². The summed E-state index contributed by atoms with van der Waals surface area (Å²) in [4.78, 5) is 10.2. The van der Waals surface area contributed by atoms with Gasteiger partial charge in [0.2, 0.25) is 0 Å². The van der Waals surface area contributed by atoms with Crippen LogP contribution in [-0.4, -0.2) is 210 Å². The molecule has 4 heterocycles. The van der Waals surface area contributed by atoms with Crippen LogP contribution in [0.5, 0.6) is 0 Å². The lowest BCUT2D eigenvalue weighted by atomic mass is 9.84. The zero-order chi connectivity index (χ0) is 47.3.